The first-order valence-electron chi connectivity index (χ1n) is 5.79. The van der Waals surface area contributed by atoms with Gasteiger partial charge in [0, 0.05) is 5.56 Å². The average Bonchev–Trinajstić information content (AvgIpc) is 2.45. The molecule has 0 unspecified atom stereocenters. The van der Waals surface area contributed by atoms with Crippen molar-refractivity contribution in [3.05, 3.63) is 54.6 Å². The molecule has 20 heavy (non-hydrogen) atoms. The van der Waals surface area contributed by atoms with Gasteiger partial charge in [-0.3, -0.25) is 0 Å². The number of terminal acetylenes is 1. The van der Waals surface area contributed by atoms with Crippen LogP contribution in [0.25, 0.3) is 11.1 Å². The Morgan fingerprint density at radius 3 is 2.15 bits per heavy atom. The van der Waals surface area contributed by atoms with Crippen LogP contribution in [0.4, 0.5) is 18.9 Å². The third kappa shape index (κ3) is 3.07. The average molecular weight is 273 g/mol. The second-order valence-corrected chi connectivity index (χ2v) is 3.99. The third-order valence-corrected chi connectivity index (χ3v) is 2.63. The van der Waals surface area contributed by atoms with Gasteiger partial charge in [-0.15, -0.1) is 6.42 Å². The monoisotopic (exact) mass is 273 g/mol. The van der Waals surface area contributed by atoms with Gasteiger partial charge in [-0.2, -0.15) is 13.2 Å². The normalized spacial score (nSPS) is 12.0. The van der Waals surface area contributed by atoms with Crippen molar-refractivity contribution in [2.24, 2.45) is 4.99 Å². The van der Waals surface area contributed by atoms with Gasteiger partial charge in [0.1, 0.15) is 0 Å². The Balaban J connectivity index is 2.55. The molecule has 0 saturated carbocycles. The smallest absolute Gasteiger partial charge is 0.235 e. The first kappa shape index (κ1) is 13.9. The summed E-state index contributed by atoms with van der Waals surface area (Å²) in [4.78, 5) is 3.58. The van der Waals surface area contributed by atoms with E-state index in [4.69, 9.17) is 6.42 Å². The van der Waals surface area contributed by atoms with Gasteiger partial charge in [0.25, 0.3) is 0 Å². The number of hydrogen-bond acceptors (Lipinski definition) is 1. The lowest BCUT2D eigenvalue weighted by Crippen LogP contribution is -2.20. The van der Waals surface area contributed by atoms with Crippen LogP contribution in [0, 0.1) is 12.3 Å². The van der Waals surface area contributed by atoms with Crippen molar-refractivity contribution in [1.82, 2.24) is 0 Å². The molecule has 0 aliphatic rings. The fourth-order valence-electron chi connectivity index (χ4n) is 1.73. The molecular weight excluding hydrogens is 263 g/mol. The molecule has 0 aliphatic carbocycles. The van der Waals surface area contributed by atoms with Gasteiger partial charge in [0.15, 0.2) is 5.71 Å². The van der Waals surface area contributed by atoms with Crippen LogP contribution in [0.2, 0.25) is 0 Å². The summed E-state index contributed by atoms with van der Waals surface area (Å²) in [5, 5.41) is 0. The maximum atomic E-state index is 12.7. The Kier molecular flexibility index (Phi) is 3.90. The minimum absolute atomic E-state index is 0.198. The van der Waals surface area contributed by atoms with Crippen molar-refractivity contribution in [1.29, 1.82) is 0 Å². The van der Waals surface area contributed by atoms with E-state index in [-0.39, 0.29) is 5.69 Å². The lowest BCUT2D eigenvalue weighted by Gasteiger charge is -2.08. The minimum atomic E-state index is -4.63. The molecule has 0 bridgehead atoms. The highest BCUT2D eigenvalue weighted by atomic mass is 19.4. The predicted octanol–water partition coefficient (Wildman–Crippen LogP) is 4.62. The molecule has 2 aromatic carbocycles. The van der Waals surface area contributed by atoms with Crippen molar-refractivity contribution in [2.45, 2.75) is 6.18 Å². The number of benzene rings is 2. The molecule has 0 fully saturated rings. The number of rotatable bonds is 2. The van der Waals surface area contributed by atoms with E-state index in [2.05, 4.69) is 4.99 Å². The highest BCUT2D eigenvalue weighted by Gasteiger charge is 2.34. The van der Waals surface area contributed by atoms with Crippen LogP contribution < -0.4 is 0 Å². The summed E-state index contributed by atoms with van der Waals surface area (Å²) in [6.07, 6.45) is 0.268. The molecule has 0 saturated heterocycles. The van der Waals surface area contributed by atoms with E-state index in [0.717, 1.165) is 5.56 Å². The number of alkyl halides is 3. The second-order valence-electron chi connectivity index (χ2n) is 3.99. The van der Waals surface area contributed by atoms with Crippen molar-refractivity contribution < 1.29 is 13.2 Å². The Hall–Kier alpha value is -2.54. The summed E-state index contributed by atoms with van der Waals surface area (Å²) < 4.78 is 38.0. The largest absolute Gasteiger partial charge is 0.441 e. The first-order chi connectivity index (χ1) is 9.52. The summed E-state index contributed by atoms with van der Waals surface area (Å²) in [5.41, 5.74) is 0.348. The number of para-hydroxylation sites is 1. The molecule has 0 radical (unpaired) electrons. The molecule has 0 N–H and O–H groups in total. The van der Waals surface area contributed by atoms with Crippen molar-refractivity contribution in [3.8, 4) is 23.5 Å². The molecule has 0 aromatic heterocycles. The van der Waals surface area contributed by atoms with Crippen LogP contribution in [-0.4, -0.2) is 11.9 Å². The Morgan fingerprint density at radius 2 is 1.55 bits per heavy atom. The molecule has 0 aliphatic heterocycles. The Labute approximate surface area is 114 Å². The van der Waals surface area contributed by atoms with Crippen LogP contribution >= 0.6 is 0 Å². The van der Waals surface area contributed by atoms with Gasteiger partial charge < -0.3 is 0 Å². The van der Waals surface area contributed by atoms with E-state index in [1.54, 1.807) is 36.3 Å². The van der Waals surface area contributed by atoms with Gasteiger partial charge in [-0.05, 0) is 17.6 Å². The molecule has 4 heteroatoms. The number of hydrogen-bond donors (Lipinski definition) is 0. The maximum Gasteiger partial charge on any atom is 0.441 e. The van der Waals surface area contributed by atoms with E-state index in [9.17, 15) is 13.2 Å². The highest BCUT2D eigenvalue weighted by molar-refractivity contribution is 6.06. The van der Waals surface area contributed by atoms with Crippen molar-refractivity contribution in [2.75, 3.05) is 0 Å². The van der Waals surface area contributed by atoms with Gasteiger partial charge in [0.05, 0.1) is 5.69 Å². The summed E-state index contributed by atoms with van der Waals surface area (Å²) in [7, 11) is 0. The highest BCUT2D eigenvalue weighted by Crippen LogP contribution is 2.31. The van der Waals surface area contributed by atoms with E-state index in [1.807, 2.05) is 18.2 Å². The van der Waals surface area contributed by atoms with E-state index < -0.39 is 11.9 Å². The molecular formula is C16H10F3N. The van der Waals surface area contributed by atoms with Crippen molar-refractivity contribution >= 4 is 11.4 Å². The van der Waals surface area contributed by atoms with E-state index in [0.29, 0.717) is 5.56 Å². The summed E-state index contributed by atoms with van der Waals surface area (Å²) >= 11 is 0. The second kappa shape index (κ2) is 5.62. The SMILES string of the molecule is C#CC(=Nc1ccccc1-c1ccccc1)C(F)(F)F. The predicted molar refractivity (Wildman–Crippen MR) is 73.9 cm³/mol. The Bertz CT molecular complexity index is 664. The number of nitrogens with zero attached hydrogens (tertiary/aromatic N) is 1. The summed E-state index contributed by atoms with van der Waals surface area (Å²) in [6, 6.07) is 15.6. The van der Waals surface area contributed by atoms with Gasteiger partial charge in [-0.25, -0.2) is 4.99 Å². The van der Waals surface area contributed by atoms with Crippen LogP contribution in [-0.2, 0) is 0 Å². The molecule has 0 atom stereocenters. The molecule has 0 spiro atoms. The third-order valence-electron chi connectivity index (χ3n) is 2.63. The topological polar surface area (TPSA) is 12.4 Å². The standard InChI is InChI=1S/C16H10F3N/c1-2-15(16(17,18)19)20-14-11-7-6-10-13(14)12-8-4-3-5-9-12/h1,3-11H. The first-order valence-corrected chi connectivity index (χ1v) is 5.79. The van der Waals surface area contributed by atoms with Crippen molar-refractivity contribution in [3.63, 3.8) is 0 Å². The lowest BCUT2D eigenvalue weighted by molar-refractivity contribution is -0.0571. The zero-order valence-corrected chi connectivity index (χ0v) is 10.4. The lowest BCUT2D eigenvalue weighted by atomic mass is 10.0. The fraction of sp³-hybridized carbons (Fsp3) is 0.0625. The maximum absolute atomic E-state index is 12.7. The zero-order valence-electron chi connectivity index (χ0n) is 10.4. The summed E-state index contributed by atoms with van der Waals surface area (Å²) in [6.45, 7) is 0. The van der Waals surface area contributed by atoms with E-state index >= 15 is 0 Å². The molecule has 0 amide bonds. The molecule has 2 rings (SSSR count). The van der Waals surface area contributed by atoms with Crippen LogP contribution in [0.5, 0.6) is 0 Å². The van der Waals surface area contributed by atoms with Crippen LogP contribution in [0.15, 0.2) is 59.6 Å². The minimum Gasteiger partial charge on any atom is -0.235 e. The van der Waals surface area contributed by atoms with Gasteiger partial charge in [-0.1, -0.05) is 48.5 Å². The summed E-state index contributed by atoms with van der Waals surface area (Å²) in [5.74, 6) is 1.59. The number of aliphatic imine (C=N–C) groups is 1. The van der Waals surface area contributed by atoms with E-state index in [1.165, 1.54) is 6.07 Å². The Morgan fingerprint density at radius 1 is 0.950 bits per heavy atom. The molecule has 100 valence electrons. The number of halogens is 3. The fourth-order valence-corrected chi connectivity index (χ4v) is 1.73. The quantitative estimate of drug-likeness (QED) is 0.559. The van der Waals surface area contributed by atoms with Crippen LogP contribution in [0.1, 0.15) is 0 Å². The van der Waals surface area contributed by atoms with Gasteiger partial charge in [0.2, 0.25) is 0 Å². The van der Waals surface area contributed by atoms with Crippen LogP contribution in [0.3, 0.4) is 0 Å². The molecule has 1 nitrogen and oxygen atoms in total. The molecule has 0 heterocycles. The van der Waals surface area contributed by atoms with Gasteiger partial charge >= 0.3 is 6.18 Å². The zero-order chi connectivity index (χ0) is 14.6. The molecule has 2 aromatic rings.